The van der Waals surface area contributed by atoms with Gasteiger partial charge in [0.25, 0.3) is 0 Å². The Bertz CT molecular complexity index is 927. The molecular formula is C22H15ClO3. The number of benzene rings is 3. The van der Waals surface area contributed by atoms with Crippen LogP contribution in [0, 0.1) is 0 Å². The van der Waals surface area contributed by atoms with Crippen LogP contribution in [0.3, 0.4) is 0 Å². The van der Waals surface area contributed by atoms with Crippen molar-refractivity contribution in [3.63, 3.8) is 0 Å². The van der Waals surface area contributed by atoms with E-state index < -0.39 is 5.97 Å². The monoisotopic (exact) mass is 362 g/mol. The van der Waals surface area contributed by atoms with Crippen LogP contribution in [0.15, 0.2) is 84.9 Å². The highest BCUT2D eigenvalue weighted by Crippen LogP contribution is 2.16. The number of hydrogen-bond acceptors (Lipinski definition) is 3. The van der Waals surface area contributed by atoms with Crippen LogP contribution in [0.1, 0.15) is 26.3 Å². The molecule has 0 bridgehead atoms. The highest BCUT2D eigenvalue weighted by molar-refractivity contribution is 6.30. The Hall–Kier alpha value is -3.17. The lowest BCUT2D eigenvalue weighted by atomic mass is 10.1. The summed E-state index contributed by atoms with van der Waals surface area (Å²) in [5.41, 5.74) is 1.87. The number of rotatable bonds is 5. The summed E-state index contributed by atoms with van der Waals surface area (Å²) in [5, 5.41) is 0.549. The van der Waals surface area contributed by atoms with E-state index in [-0.39, 0.29) is 5.78 Å². The van der Waals surface area contributed by atoms with Crippen LogP contribution in [0.4, 0.5) is 0 Å². The second-order valence-electron chi connectivity index (χ2n) is 5.53. The number of ketones is 1. The van der Waals surface area contributed by atoms with Gasteiger partial charge in [-0.25, -0.2) is 4.79 Å². The van der Waals surface area contributed by atoms with E-state index >= 15 is 0 Å². The summed E-state index contributed by atoms with van der Waals surface area (Å²) in [4.78, 5) is 24.3. The average Bonchev–Trinajstić information content (AvgIpc) is 2.68. The molecule has 0 fully saturated rings. The molecule has 3 aromatic rings. The van der Waals surface area contributed by atoms with Crippen molar-refractivity contribution in [2.24, 2.45) is 0 Å². The molecule has 26 heavy (non-hydrogen) atoms. The highest BCUT2D eigenvalue weighted by Gasteiger charge is 2.09. The number of ether oxygens (including phenoxy) is 1. The SMILES string of the molecule is O=C(/C=C/c1ccccc1)c1ccc(OC(=O)c2ccc(Cl)cc2)cc1. The minimum absolute atomic E-state index is 0.121. The number of esters is 1. The first-order chi connectivity index (χ1) is 12.6. The van der Waals surface area contributed by atoms with Gasteiger partial charge < -0.3 is 4.74 Å². The van der Waals surface area contributed by atoms with Gasteiger partial charge in [-0.1, -0.05) is 48.0 Å². The lowest BCUT2D eigenvalue weighted by Crippen LogP contribution is -2.08. The topological polar surface area (TPSA) is 43.4 Å². The number of halogens is 1. The Kier molecular flexibility index (Phi) is 5.62. The Morgan fingerprint density at radius 1 is 0.769 bits per heavy atom. The van der Waals surface area contributed by atoms with E-state index in [0.717, 1.165) is 5.56 Å². The molecule has 0 amide bonds. The third-order valence-electron chi connectivity index (χ3n) is 3.66. The van der Waals surface area contributed by atoms with Gasteiger partial charge >= 0.3 is 5.97 Å². The van der Waals surface area contributed by atoms with E-state index in [1.165, 1.54) is 6.08 Å². The Labute approximate surface area is 156 Å². The maximum Gasteiger partial charge on any atom is 0.343 e. The second-order valence-corrected chi connectivity index (χ2v) is 5.97. The molecule has 0 N–H and O–H groups in total. The quantitative estimate of drug-likeness (QED) is 0.262. The number of carbonyl (C=O) groups is 2. The fourth-order valence-electron chi connectivity index (χ4n) is 2.27. The fraction of sp³-hybridized carbons (Fsp3) is 0. The van der Waals surface area contributed by atoms with Gasteiger partial charge in [0, 0.05) is 10.6 Å². The van der Waals surface area contributed by atoms with Crippen molar-refractivity contribution >= 4 is 29.4 Å². The third kappa shape index (κ3) is 4.68. The standard InChI is InChI=1S/C22H15ClO3/c23-19-11-7-18(8-12-19)22(25)26-20-13-9-17(10-14-20)21(24)15-6-16-4-2-1-3-5-16/h1-15H/b15-6+. The Morgan fingerprint density at radius 2 is 1.38 bits per heavy atom. The maximum atomic E-state index is 12.2. The molecule has 0 saturated carbocycles. The van der Waals surface area contributed by atoms with Crippen molar-refractivity contribution in [1.82, 2.24) is 0 Å². The smallest absolute Gasteiger partial charge is 0.343 e. The van der Waals surface area contributed by atoms with Crippen molar-refractivity contribution < 1.29 is 14.3 Å². The Balaban J connectivity index is 1.64. The molecule has 0 saturated heterocycles. The summed E-state index contributed by atoms with van der Waals surface area (Å²) in [6, 6.07) is 22.5. The van der Waals surface area contributed by atoms with Crippen molar-refractivity contribution in [3.05, 3.63) is 107 Å². The Morgan fingerprint density at radius 3 is 2.04 bits per heavy atom. The average molecular weight is 363 g/mol. The van der Waals surface area contributed by atoms with Gasteiger partial charge in [-0.15, -0.1) is 0 Å². The van der Waals surface area contributed by atoms with Gasteiger partial charge in [-0.3, -0.25) is 4.79 Å². The van der Waals surface area contributed by atoms with E-state index in [1.54, 1.807) is 54.6 Å². The molecule has 0 aliphatic rings. The molecule has 0 spiro atoms. The van der Waals surface area contributed by atoms with Crippen molar-refractivity contribution in [1.29, 1.82) is 0 Å². The fourth-order valence-corrected chi connectivity index (χ4v) is 2.40. The molecule has 0 unspecified atom stereocenters. The molecule has 3 aromatic carbocycles. The van der Waals surface area contributed by atoms with Crippen LogP contribution in [0.2, 0.25) is 5.02 Å². The van der Waals surface area contributed by atoms with Crippen LogP contribution in [-0.4, -0.2) is 11.8 Å². The van der Waals surface area contributed by atoms with E-state index in [2.05, 4.69) is 0 Å². The minimum atomic E-state index is -0.482. The van der Waals surface area contributed by atoms with Gasteiger partial charge in [-0.2, -0.15) is 0 Å². The summed E-state index contributed by atoms with van der Waals surface area (Å²) in [5.74, 6) is -0.234. The van der Waals surface area contributed by atoms with Gasteiger partial charge in [0.1, 0.15) is 5.75 Å². The molecule has 0 radical (unpaired) electrons. The summed E-state index contributed by atoms with van der Waals surface area (Å²) in [6.07, 6.45) is 3.28. The summed E-state index contributed by atoms with van der Waals surface area (Å²) in [6.45, 7) is 0. The first kappa shape index (κ1) is 17.6. The van der Waals surface area contributed by atoms with Crippen LogP contribution in [0.5, 0.6) is 5.75 Å². The summed E-state index contributed by atoms with van der Waals surface area (Å²) in [7, 11) is 0. The predicted molar refractivity (Wildman–Crippen MR) is 103 cm³/mol. The van der Waals surface area contributed by atoms with Crippen LogP contribution in [-0.2, 0) is 0 Å². The second kappa shape index (κ2) is 8.28. The highest BCUT2D eigenvalue weighted by atomic mass is 35.5. The van der Waals surface area contributed by atoms with Gasteiger partial charge in [0.05, 0.1) is 5.56 Å². The van der Waals surface area contributed by atoms with Crippen LogP contribution < -0.4 is 4.74 Å². The van der Waals surface area contributed by atoms with Gasteiger partial charge in [0.15, 0.2) is 5.78 Å². The molecule has 0 atom stereocenters. The molecule has 3 rings (SSSR count). The van der Waals surface area contributed by atoms with Crippen molar-refractivity contribution in [3.8, 4) is 5.75 Å². The summed E-state index contributed by atoms with van der Waals surface area (Å²) >= 11 is 5.80. The molecule has 4 heteroatoms. The van der Waals surface area contributed by atoms with Crippen LogP contribution in [0.25, 0.3) is 6.08 Å². The number of hydrogen-bond donors (Lipinski definition) is 0. The number of allylic oxidation sites excluding steroid dienone is 1. The molecule has 0 aromatic heterocycles. The van der Waals surface area contributed by atoms with Gasteiger partial charge in [-0.05, 0) is 60.2 Å². The molecule has 0 aliphatic carbocycles. The lowest BCUT2D eigenvalue weighted by Gasteiger charge is -2.05. The minimum Gasteiger partial charge on any atom is -0.423 e. The zero-order valence-electron chi connectivity index (χ0n) is 13.8. The molecule has 128 valence electrons. The zero-order valence-corrected chi connectivity index (χ0v) is 14.5. The summed E-state index contributed by atoms with van der Waals surface area (Å²) < 4.78 is 5.29. The molecule has 3 nitrogen and oxygen atoms in total. The lowest BCUT2D eigenvalue weighted by molar-refractivity contribution is 0.0734. The van der Waals surface area contributed by atoms with Crippen LogP contribution >= 0.6 is 11.6 Å². The number of carbonyl (C=O) groups excluding carboxylic acids is 2. The van der Waals surface area contributed by atoms with E-state index in [4.69, 9.17) is 16.3 Å². The molecular weight excluding hydrogens is 348 g/mol. The first-order valence-electron chi connectivity index (χ1n) is 7.97. The predicted octanol–water partition coefficient (Wildman–Crippen LogP) is 5.46. The largest absolute Gasteiger partial charge is 0.423 e. The third-order valence-corrected chi connectivity index (χ3v) is 3.91. The van der Waals surface area contributed by atoms with E-state index in [1.807, 2.05) is 30.3 Å². The normalized spacial score (nSPS) is 10.7. The van der Waals surface area contributed by atoms with E-state index in [9.17, 15) is 9.59 Å². The molecule has 0 aliphatic heterocycles. The maximum absolute atomic E-state index is 12.2. The van der Waals surface area contributed by atoms with Crippen molar-refractivity contribution in [2.75, 3.05) is 0 Å². The first-order valence-corrected chi connectivity index (χ1v) is 8.35. The van der Waals surface area contributed by atoms with Crippen molar-refractivity contribution in [2.45, 2.75) is 0 Å². The molecule has 0 heterocycles. The zero-order chi connectivity index (χ0) is 18.4. The van der Waals surface area contributed by atoms with Gasteiger partial charge in [0.2, 0.25) is 0 Å². The van der Waals surface area contributed by atoms with E-state index in [0.29, 0.717) is 21.9 Å².